The van der Waals surface area contributed by atoms with E-state index in [0.29, 0.717) is 6.54 Å². The number of thioether (sulfide) groups is 1. The molecule has 0 aromatic rings. The van der Waals surface area contributed by atoms with E-state index in [1.54, 1.807) is 7.11 Å². The first-order chi connectivity index (χ1) is 8.80. The molecule has 0 N–H and O–H groups in total. The summed E-state index contributed by atoms with van der Waals surface area (Å²) >= 11 is 1.41. The summed E-state index contributed by atoms with van der Waals surface area (Å²) in [7, 11) is 1.71. The minimum absolute atomic E-state index is 0.0499. The van der Waals surface area contributed by atoms with Gasteiger partial charge in [-0.05, 0) is 19.8 Å². The molecule has 4 heteroatoms. The third-order valence-corrected chi connectivity index (χ3v) is 4.14. The van der Waals surface area contributed by atoms with Crippen molar-refractivity contribution in [3.8, 4) is 0 Å². The van der Waals surface area contributed by atoms with Crippen molar-refractivity contribution in [3.05, 3.63) is 23.9 Å². The van der Waals surface area contributed by atoms with Crippen LogP contribution in [0.4, 0.5) is 0 Å². The van der Waals surface area contributed by atoms with E-state index in [4.69, 9.17) is 4.74 Å². The Kier molecular flexibility index (Phi) is 5.68. The van der Waals surface area contributed by atoms with Gasteiger partial charge in [0.1, 0.15) is 6.23 Å². The fourth-order valence-corrected chi connectivity index (χ4v) is 3.15. The Balaban J connectivity index is 2.96. The second kappa shape index (κ2) is 6.62. The van der Waals surface area contributed by atoms with Crippen molar-refractivity contribution in [2.75, 3.05) is 13.7 Å². The topological polar surface area (TPSA) is 29.5 Å². The van der Waals surface area contributed by atoms with Gasteiger partial charge in [0.05, 0.1) is 0 Å². The molecule has 0 aromatic carbocycles. The molecular weight excluding hydrogens is 258 g/mol. The van der Waals surface area contributed by atoms with E-state index in [1.165, 1.54) is 11.8 Å². The average Bonchev–Trinajstić information content (AvgIpc) is 2.29. The zero-order chi connectivity index (χ0) is 14.6. The molecule has 1 aliphatic heterocycles. The summed E-state index contributed by atoms with van der Waals surface area (Å²) in [6.07, 6.45) is 3.54. The fourth-order valence-electron chi connectivity index (χ4n) is 2.22. The highest BCUT2D eigenvalue weighted by molar-refractivity contribution is 8.15. The molecule has 0 aliphatic carbocycles. The van der Waals surface area contributed by atoms with Gasteiger partial charge in [0.25, 0.3) is 0 Å². The number of rotatable bonds is 4. The predicted molar refractivity (Wildman–Crippen MR) is 82.0 cm³/mol. The molecule has 0 saturated heterocycles. The molecule has 0 bridgehead atoms. The number of allylic oxidation sites excluding steroid dienone is 1. The van der Waals surface area contributed by atoms with Crippen molar-refractivity contribution in [3.63, 3.8) is 0 Å². The van der Waals surface area contributed by atoms with Crippen LogP contribution < -0.4 is 0 Å². The van der Waals surface area contributed by atoms with Crippen LogP contribution in [0.3, 0.4) is 0 Å². The van der Waals surface area contributed by atoms with Crippen LogP contribution in [0.2, 0.25) is 0 Å². The van der Waals surface area contributed by atoms with Crippen LogP contribution in [0.1, 0.15) is 40.5 Å². The molecule has 0 spiro atoms. The number of carbonyl (C=O) groups excluding carboxylic acids is 1. The molecule has 1 atom stereocenters. The molecule has 0 saturated carbocycles. The number of ether oxygens (including phenoxy) is 1. The fraction of sp³-hybridized carbons (Fsp3) is 0.667. The van der Waals surface area contributed by atoms with Crippen LogP contribution >= 0.6 is 11.8 Å². The van der Waals surface area contributed by atoms with Gasteiger partial charge in [-0.15, -0.1) is 6.58 Å². The normalized spacial score (nSPS) is 20.7. The van der Waals surface area contributed by atoms with E-state index in [-0.39, 0.29) is 16.1 Å². The van der Waals surface area contributed by atoms with Crippen LogP contribution in [0.5, 0.6) is 0 Å². The number of carbonyl (C=O) groups is 1. The summed E-state index contributed by atoms with van der Waals surface area (Å²) in [4.78, 5) is 14.5. The molecule has 108 valence electrons. The maximum Gasteiger partial charge on any atom is 0.217 e. The SMILES string of the molecule is C=CCN1C(C)=C(C(=O)SC(C)(C)C)CCC1OC. The van der Waals surface area contributed by atoms with Gasteiger partial charge in [-0.2, -0.15) is 0 Å². The lowest BCUT2D eigenvalue weighted by molar-refractivity contribution is -0.108. The molecule has 0 aromatic heterocycles. The second-order valence-electron chi connectivity index (χ2n) is 5.74. The standard InChI is InChI=1S/C15H25NO2S/c1-7-10-16-11(2)12(8-9-13(16)18-6)14(17)19-15(3,4)5/h7,13H,1,8-10H2,2-6H3. The monoisotopic (exact) mass is 283 g/mol. The summed E-state index contributed by atoms with van der Waals surface area (Å²) in [6.45, 7) is 12.7. The van der Waals surface area contributed by atoms with Crippen LogP contribution in [-0.2, 0) is 9.53 Å². The maximum atomic E-state index is 12.4. The second-order valence-corrected chi connectivity index (χ2v) is 7.54. The van der Waals surface area contributed by atoms with E-state index in [0.717, 1.165) is 24.1 Å². The summed E-state index contributed by atoms with van der Waals surface area (Å²) in [6, 6.07) is 0. The summed E-state index contributed by atoms with van der Waals surface area (Å²) in [5.74, 6) is 0. The lowest BCUT2D eigenvalue weighted by Gasteiger charge is -2.37. The Morgan fingerprint density at radius 1 is 1.58 bits per heavy atom. The Labute approximate surface area is 121 Å². The van der Waals surface area contributed by atoms with Crippen LogP contribution in [-0.4, -0.2) is 34.6 Å². The molecule has 1 rings (SSSR count). The Morgan fingerprint density at radius 2 is 2.21 bits per heavy atom. The van der Waals surface area contributed by atoms with Crippen LogP contribution in [0, 0.1) is 0 Å². The minimum atomic E-state index is -0.0499. The summed E-state index contributed by atoms with van der Waals surface area (Å²) in [5, 5.41) is 0.189. The van der Waals surface area contributed by atoms with Gasteiger partial charge >= 0.3 is 0 Å². The zero-order valence-corrected chi connectivity index (χ0v) is 13.5. The zero-order valence-electron chi connectivity index (χ0n) is 12.7. The molecule has 0 radical (unpaired) electrons. The van der Waals surface area contributed by atoms with Crippen LogP contribution in [0.15, 0.2) is 23.9 Å². The first kappa shape index (κ1) is 16.3. The van der Waals surface area contributed by atoms with Gasteiger partial charge in [0.2, 0.25) is 5.12 Å². The van der Waals surface area contributed by atoms with Gasteiger partial charge in [-0.25, -0.2) is 0 Å². The van der Waals surface area contributed by atoms with Crippen molar-refractivity contribution in [1.82, 2.24) is 4.90 Å². The molecule has 1 heterocycles. The third-order valence-electron chi connectivity index (χ3n) is 3.10. The third kappa shape index (κ3) is 4.39. The quantitative estimate of drug-likeness (QED) is 0.738. The number of nitrogens with zero attached hydrogens (tertiary/aromatic N) is 1. The summed E-state index contributed by atoms with van der Waals surface area (Å²) < 4.78 is 5.43. The molecule has 1 unspecified atom stereocenters. The van der Waals surface area contributed by atoms with Crippen LogP contribution in [0.25, 0.3) is 0 Å². The highest BCUT2D eigenvalue weighted by Crippen LogP contribution is 2.34. The molecular formula is C15H25NO2S. The van der Waals surface area contributed by atoms with E-state index in [9.17, 15) is 4.79 Å². The summed E-state index contributed by atoms with van der Waals surface area (Å²) in [5.41, 5.74) is 1.95. The maximum absolute atomic E-state index is 12.4. The lowest BCUT2D eigenvalue weighted by atomic mass is 10.0. The highest BCUT2D eigenvalue weighted by Gasteiger charge is 2.30. The highest BCUT2D eigenvalue weighted by atomic mass is 32.2. The van der Waals surface area contributed by atoms with Crippen molar-refractivity contribution < 1.29 is 9.53 Å². The number of hydrogen-bond acceptors (Lipinski definition) is 4. The van der Waals surface area contributed by atoms with Crippen molar-refractivity contribution in [2.24, 2.45) is 0 Å². The van der Waals surface area contributed by atoms with Gasteiger partial charge in [-0.3, -0.25) is 4.79 Å². The average molecular weight is 283 g/mol. The Hall–Kier alpha value is -0.740. The van der Waals surface area contributed by atoms with Gasteiger partial charge in [0.15, 0.2) is 0 Å². The van der Waals surface area contributed by atoms with Gasteiger partial charge in [-0.1, -0.05) is 38.6 Å². The van der Waals surface area contributed by atoms with Crippen molar-refractivity contribution in [2.45, 2.75) is 51.5 Å². The molecule has 1 aliphatic rings. The Morgan fingerprint density at radius 3 is 2.68 bits per heavy atom. The molecule has 0 amide bonds. The largest absolute Gasteiger partial charge is 0.362 e. The number of hydrogen-bond donors (Lipinski definition) is 0. The van der Waals surface area contributed by atoms with E-state index in [1.807, 2.05) is 13.0 Å². The lowest BCUT2D eigenvalue weighted by Crippen LogP contribution is -2.39. The first-order valence-corrected chi connectivity index (χ1v) is 7.45. The molecule has 3 nitrogen and oxygen atoms in total. The van der Waals surface area contributed by atoms with E-state index >= 15 is 0 Å². The molecule has 19 heavy (non-hydrogen) atoms. The van der Waals surface area contributed by atoms with E-state index < -0.39 is 0 Å². The first-order valence-electron chi connectivity index (χ1n) is 6.63. The number of methoxy groups -OCH3 is 1. The van der Waals surface area contributed by atoms with Crippen molar-refractivity contribution in [1.29, 1.82) is 0 Å². The van der Waals surface area contributed by atoms with Gasteiger partial charge < -0.3 is 9.64 Å². The van der Waals surface area contributed by atoms with Crippen molar-refractivity contribution >= 4 is 16.9 Å². The Bertz CT molecular complexity index is 382. The predicted octanol–water partition coefficient (Wildman–Crippen LogP) is 3.57. The smallest absolute Gasteiger partial charge is 0.217 e. The van der Waals surface area contributed by atoms with Gasteiger partial charge in [0, 0.05) is 29.7 Å². The van der Waals surface area contributed by atoms with E-state index in [2.05, 4.69) is 32.3 Å². The minimum Gasteiger partial charge on any atom is -0.362 e. The molecule has 0 fully saturated rings.